The van der Waals surface area contributed by atoms with Crippen LogP contribution in [0.1, 0.15) is 26.3 Å². The number of ether oxygens (including phenoxy) is 2. The van der Waals surface area contributed by atoms with Gasteiger partial charge in [0, 0.05) is 11.8 Å². The highest BCUT2D eigenvalue weighted by Crippen LogP contribution is 2.31. The minimum absolute atomic E-state index is 0.369. The van der Waals surface area contributed by atoms with Gasteiger partial charge in [-0.3, -0.25) is 0 Å². The molecule has 2 aromatic carbocycles. The smallest absolute Gasteiger partial charge is 0.420 e. The number of hydrogen-bond acceptors (Lipinski definition) is 8. The van der Waals surface area contributed by atoms with Gasteiger partial charge in [0.1, 0.15) is 40.4 Å². The Hall–Kier alpha value is -4.24. The number of benzene rings is 2. The molecule has 0 bridgehead atoms. The highest BCUT2D eigenvalue weighted by atomic mass is 35.5. The van der Waals surface area contributed by atoms with E-state index < -0.39 is 11.7 Å². The third-order valence-electron chi connectivity index (χ3n) is 5.22. The first kappa shape index (κ1) is 23.5. The van der Waals surface area contributed by atoms with Crippen LogP contribution in [-0.2, 0) is 4.74 Å². The maximum atomic E-state index is 12.5. The average Bonchev–Trinajstić information content (AvgIpc) is 3.24. The molecule has 0 amide bonds. The predicted octanol–water partition coefficient (Wildman–Crippen LogP) is 6.66. The van der Waals surface area contributed by atoms with Crippen LogP contribution in [0.5, 0.6) is 11.5 Å². The first-order chi connectivity index (χ1) is 17.2. The summed E-state index contributed by atoms with van der Waals surface area (Å²) in [6.07, 6.45) is 2.45. The highest BCUT2D eigenvalue weighted by molar-refractivity contribution is 6.29. The standard InChI is InChI=1S/C26H23ClN6O3/c1-15-11-16(31-24-23-18(28-13-29-24)7-10-22(27)32-23)5-9-21(15)35-17-6-8-20-19(12-17)30-14-33(20)25(34)36-26(2,3)4/h5-14H,1-4H3,(H,28,29,31). The van der Waals surface area contributed by atoms with Crippen LogP contribution in [0.15, 0.2) is 61.2 Å². The molecule has 0 aliphatic rings. The number of imidazole rings is 1. The summed E-state index contributed by atoms with van der Waals surface area (Å²) in [6.45, 7) is 7.41. The maximum Gasteiger partial charge on any atom is 0.420 e. The quantitative estimate of drug-likeness (QED) is 0.272. The number of rotatable bonds is 4. The van der Waals surface area contributed by atoms with E-state index in [4.69, 9.17) is 21.1 Å². The van der Waals surface area contributed by atoms with Crippen molar-refractivity contribution >= 4 is 51.3 Å². The lowest BCUT2D eigenvalue weighted by molar-refractivity contribution is 0.0543. The molecule has 0 saturated carbocycles. The van der Waals surface area contributed by atoms with Crippen molar-refractivity contribution < 1.29 is 14.3 Å². The van der Waals surface area contributed by atoms with E-state index in [-0.39, 0.29) is 0 Å². The van der Waals surface area contributed by atoms with E-state index in [0.29, 0.717) is 44.5 Å². The second kappa shape index (κ2) is 9.09. The largest absolute Gasteiger partial charge is 0.457 e. The lowest BCUT2D eigenvalue weighted by Gasteiger charge is -2.19. The zero-order valence-corrected chi connectivity index (χ0v) is 20.9. The Morgan fingerprint density at radius 1 is 1.00 bits per heavy atom. The fraction of sp³-hybridized carbons (Fsp3) is 0.192. The summed E-state index contributed by atoms with van der Waals surface area (Å²) in [5.41, 5.74) is 3.66. The van der Waals surface area contributed by atoms with Gasteiger partial charge < -0.3 is 14.8 Å². The van der Waals surface area contributed by atoms with Crippen LogP contribution in [0.3, 0.4) is 0 Å². The molecule has 5 rings (SSSR count). The molecular weight excluding hydrogens is 480 g/mol. The Kier molecular flexibility index (Phi) is 5.93. The molecule has 0 aliphatic heterocycles. The zero-order chi connectivity index (χ0) is 25.4. The number of hydrogen-bond donors (Lipinski definition) is 1. The molecule has 3 aromatic heterocycles. The normalized spacial score (nSPS) is 11.6. The molecule has 5 aromatic rings. The van der Waals surface area contributed by atoms with Crippen LogP contribution in [-0.4, -0.2) is 36.2 Å². The van der Waals surface area contributed by atoms with Crippen LogP contribution in [0.2, 0.25) is 5.15 Å². The number of carbonyl (C=O) groups is 1. The van der Waals surface area contributed by atoms with Crippen molar-refractivity contribution in [2.24, 2.45) is 0 Å². The van der Waals surface area contributed by atoms with Crippen LogP contribution in [0.4, 0.5) is 16.3 Å². The summed E-state index contributed by atoms with van der Waals surface area (Å²) in [5.74, 6) is 1.84. The van der Waals surface area contributed by atoms with Crippen molar-refractivity contribution in [1.29, 1.82) is 0 Å². The molecule has 0 saturated heterocycles. The zero-order valence-electron chi connectivity index (χ0n) is 20.1. The van der Waals surface area contributed by atoms with Gasteiger partial charge in [-0.1, -0.05) is 11.6 Å². The number of carbonyl (C=O) groups excluding carboxylic acids is 1. The van der Waals surface area contributed by atoms with Crippen LogP contribution in [0, 0.1) is 6.92 Å². The number of anilines is 2. The summed E-state index contributed by atoms with van der Waals surface area (Å²) < 4.78 is 12.9. The Morgan fingerprint density at radius 2 is 1.83 bits per heavy atom. The van der Waals surface area contributed by atoms with E-state index in [0.717, 1.165) is 11.3 Å². The van der Waals surface area contributed by atoms with Crippen molar-refractivity contribution in [3.05, 3.63) is 71.9 Å². The first-order valence-corrected chi connectivity index (χ1v) is 11.6. The molecule has 3 heterocycles. The van der Waals surface area contributed by atoms with Gasteiger partial charge in [-0.15, -0.1) is 0 Å². The molecule has 0 atom stereocenters. The Morgan fingerprint density at radius 3 is 2.61 bits per heavy atom. The minimum atomic E-state index is -0.598. The van der Waals surface area contributed by atoms with Gasteiger partial charge >= 0.3 is 6.09 Å². The number of nitrogens with zero attached hydrogens (tertiary/aromatic N) is 5. The second-order valence-electron chi connectivity index (χ2n) is 9.18. The number of pyridine rings is 1. The summed E-state index contributed by atoms with van der Waals surface area (Å²) in [7, 11) is 0. The van der Waals surface area contributed by atoms with Crippen molar-refractivity contribution in [2.75, 3.05) is 5.32 Å². The van der Waals surface area contributed by atoms with Gasteiger partial charge in [-0.25, -0.2) is 29.3 Å². The summed E-state index contributed by atoms with van der Waals surface area (Å²) in [4.78, 5) is 29.7. The molecular formula is C26H23ClN6O3. The summed E-state index contributed by atoms with van der Waals surface area (Å²) >= 11 is 6.06. The molecule has 36 heavy (non-hydrogen) atoms. The molecule has 0 spiro atoms. The van der Waals surface area contributed by atoms with E-state index >= 15 is 0 Å². The van der Waals surface area contributed by atoms with Crippen LogP contribution in [0.25, 0.3) is 22.1 Å². The Bertz CT molecular complexity index is 1610. The van der Waals surface area contributed by atoms with Gasteiger partial charge in [-0.2, -0.15) is 0 Å². The molecule has 1 N–H and O–H groups in total. The number of aromatic nitrogens is 5. The fourth-order valence-corrected chi connectivity index (χ4v) is 3.77. The topological polar surface area (TPSA) is 104 Å². The second-order valence-corrected chi connectivity index (χ2v) is 9.56. The molecule has 0 unspecified atom stereocenters. The monoisotopic (exact) mass is 502 g/mol. The fourth-order valence-electron chi connectivity index (χ4n) is 3.63. The highest BCUT2D eigenvalue weighted by Gasteiger charge is 2.20. The van der Waals surface area contributed by atoms with Crippen molar-refractivity contribution in [1.82, 2.24) is 24.5 Å². The van der Waals surface area contributed by atoms with E-state index in [1.165, 1.54) is 17.2 Å². The van der Waals surface area contributed by atoms with Gasteiger partial charge in [0.2, 0.25) is 0 Å². The third-order valence-corrected chi connectivity index (χ3v) is 5.43. The van der Waals surface area contributed by atoms with Crippen molar-refractivity contribution in [2.45, 2.75) is 33.3 Å². The minimum Gasteiger partial charge on any atom is -0.457 e. The molecule has 9 nitrogen and oxygen atoms in total. The number of nitrogens with one attached hydrogen (secondary N) is 1. The molecule has 0 radical (unpaired) electrons. The van der Waals surface area contributed by atoms with Crippen LogP contribution >= 0.6 is 11.6 Å². The van der Waals surface area contributed by atoms with E-state index in [2.05, 4.69) is 25.3 Å². The first-order valence-electron chi connectivity index (χ1n) is 11.2. The van der Waals surface area contributed by atoms with Gasteiger partial charge in [-0.05, 0) is 75.7 Å². The average molecular weight is 503 g/mol. The SMILES string of the molecule is Cc1cc(Nc2ncnc3ccc(Cl)nc23)ccc1Oc1ccc2c(c1)ncn2C(=O)OC(C)(C)C. The molecule has 0 fully saturated rings. The summed E-state index contributed by atoms with van der Waals surface area (Å²) in [5, 5.41) is 3.64. The number of halogens is 1. The number of fused-ring (bicyclic) bond motifs is 2. The van der Waals surface area contributed by atoms with Crippen LogP contribution < -0.4 is 10.1 Å². The molecule has 10 heteroatoms. The van der Waals surface area contributed by atoms with Crippen molar-refractivity contribution in [3.8, 4) is 11.5 Å². The molecule has 0 aliphatic carbocycles. The van der Waals surface area contributed by atoms with Gasteiger partial charge in [0.25, 0.3) is 0 Å². The summed E-state index contributed by atoms with van der Waals surface area (Å²) in [6, 6.07) is 14.5. The van der Waals surface area contributed by atoms with Crippen molar-refractivity contribution in [3.63, 3.8) is 0 Å². The van der Waals surface area contributed by atoms with Gasteiger partial charge in [0.05, 0.1) is 16.6 Å². The lowest BCUT2D eigenvalue weighted by Crippen LogP contribution is -2.26. The van der Waals surface area contributed by atoms with E-state index in [1.807, 2.05) is 45.9 Å². The maximum absolute atomic E-state index is 12.5. The van der Waals surface area contributed by atoms with E-state index in [9.17, 15) is 4.79 Å². The lowest BCUT2D eigenvalue weighted by atomic mass is 10.2. The molecule has 182 valence electrons. The predicted molar refractivity (Wildman–Crippen MR) is 138 cm³/mol. The van der Waals surface area contributed by atoms with E-state index in [1.54, 1.807) is 30.3 Å². The van der Waals surface area contributed by atoms with Gasteiger partial charge in [0.15, 0.2) is 5.82 Å². The Labute approximate surface area is 212 Å². The third kappa shape index (κ3) is 4.92. The Balaban J connectivity index is 1.35. The number of aryl methyl sites for hydroxylation is 1.